The summed E-state index contributed by atoms with van der Waals surface area (Å²) < 4.78 is 11.3. The number of ether oxygens (including phenoxy) is 2. The molecule has 0 aromatic heterocycles. The number of hydrogen-bond donors (Lipinski definition) is 1. The summed E-state index contributed by atoms with van der Waals surface area (Å²) in [6.07, 6.45) is 3.02. The maximum absolute atomic E-state index is 12.8. The van der Waals surface area contributed by atoms with Crippen LogP contribution in [0.3, 0.4) is 0 Å². The van der Waals surface area contributed by atoms with Crippen LogP contribution in [0.4, 0.5) is 11.4 Å². The van der Waals surface area contributed by atoms with Crippen molar-refractivity contribution in [2.75, 3.05) is 51.5 Å². The largest absolute Gasteiger partial charge is 0.497 e. The van der Waals surface area contributed by atoms with Crippen molar-refractivity contribution < 1.29 is 14.3 Å². The highest BCUT2D eigenvalue weighted by Crippen LogP contribution is 2.41. The highest BCUT2D eigenvalue weighted by Gasteiger charge is 2.32. The van der Waals surface area contributed by atoms with E-state index < -0.39 is 0 Å². The first-order chi connectivity index (χ1) is 14.0. The Kier molecular flexibility index (Phi) is 5.20. The summed E-state index contributed by atoms with van der Waals surface area (Å²) >= 11 is 0. The summed E-state index contributed by atoms with van der Waals surface area (Å²) in [5.41, 5.74) is 9.34. The Bertz CT molecular complexity index is 968. The lowest BCUT2D eigenvalue weighted by molar-refractivity contribution is 0.101. The number of rotatable bonds is 6. The Balaban J connectivity index is 1.61. The molecule has 6 nitrogen and oxygen atoms in total. The van der Waals surface area contributed by atoms with Crippen molar-refractivity contribution >= 4 is 17.2 Å². The minimum atomic E-state index is -0.0875. The van der Waals surface area contributed by atoms with E-state index in [2.05, 4.69) is 36.0 Å². The maximum atomic E-state index is 12.8. The average molecular weight is 393 g/mol. The van der Waals surface area contributed by atoms with Crippen LogP contribution < -0.4 is 20.1 Å². The molecule has 29 heavy (non-hydrogen) atoms. The number of fused-ring (bicyclic) bond motifs is 2. The Hall–Kier alpha value is -2.99. The van der Waals surface area contributed by atoms with Gasteiger partial charge in [-0.1, -0.05) is 0 Å². The summed E-state index contributed by atoms with van der Waals surface area (Å²) in [4.78, 5) is 17.4. The summed E-state index contributed by atoms with van der Waals surface area (Å²) in [5, 5.41) is 0. The van der Waals surface area contributed by atoms with Crippen LogP contribution in [-0.2, 0) is 0 Å². The minimum Gasteiger partial charge on any atom is -0.497 e. The quantitative estimate of drug-likeness (QED) is 0.600. The number of carbonyl (C=O) groups is 1. The van der Waals surface area contributed by atoms with Gasteiger partial charge in [-0.2, -0.15) is 0 Å². The lowest BCUT2D eigenvalue weighted by Gasteiger charge is -2.21. The van der Waals surface area contributed by atoms with Gasteiger partial charge in [0, 0.05) is 36.4 Å². The van der Waals surface area contributed by atoms with E-state index in [0.717, 1.165) is 37.4 Å². The fourth-order valence-corrected chi connectivity index (χ4v) is 4.01. The van der Waals surface area contributed by atoms with Crippen LogP contribution in [0.2, 0.25) is 0 Å². The molecule has 0 amide bonds. The van der Waals surface area contributed by atoms with E-state index in [9.17, 15) is 4.79 Å². The second-order valence-corrected chi connectivity index (χ2v) is 7.85. The molecule has 2 aliphatic heterocycles. The zero-order valence-electron chi connectivity index (χ0n) is 17.1. The van der Waals surface area contributed by atoms with E-state index >= 15 is 0 Å². The van der Waals surface area contributed by atoms with Gasteiger partial charge in [-0.25, -0.2) is 0 Å². The molecule has 2 aromatic carbocycles. The number of nitrogens with zero attached hydrogens (tertiary/aromatic N) is 2. The Morgan fingerprint density at radius 1 is 1.28 bits per heavy atom. The van der Waals surface area contributed by atoms with Crippen LogP contribution >= 0.6 is 0 Å². The number of Topliss-reactive ketones (excluding diaryl/α,β-unsaturated/α-hetero) is 1. The maximum Gasteiger partial charge on any atom is 0.231 e. The third kappa shape index (κ3) is 3.80. The van der Waals surface area contributed by atoms with Gasteiger partial charge in [0.25, 0.3) is 0 Å². The van der Waals surface area contributed by atoms with E-state index in [1.807, 2.05) is 12.1 Å². The van der Waals surface area contributed by atoms with E-state index in [-0.39, 0.29) is 11.7 Å². The number of ketones is 1. The number of hydrogen-bond acceptors (Lipinski definition) is 6. The summed E-state index contributed by atoms with van der Waals surface area (Å²) in [6, 6.07) is 11.3. The van der Waals surface area contributed by atoms with E-state index in [1.165, 1.54) is 5.69 Å². The number of anilines is 2. The Morgan fingerprint density at radius 3 is 2.86 bits per heavy atom. The molecule has 0 fully saturated rings. The standard InChI is InChI=1S/C23H27N3O3/c1-25(2)9-4-10-26-14-15(19-13-17(28-3)6-8-20(19)26)11-22-23(27)18-7-5-16(24)12-21(18)29-22/h5-8,11-13,15H,4,9-10,14,24H2,1-3H3/b22-11-. The molecule has 1 unspecified atom stereocenters. The summed E-state index contributed by atoms with van der Waals surface area (Å²) in [6.45, 7) is 2.81. The van der Waals surface area contributed by atoms with Crippen molar-refractivity contribution in [1.82, 2.24) is 4.90 Å². The fourth-order valence-electron chi connectivity index (χ4n) is 4.01. The molecular weight excluding hydrogens is 366 g/mol. The van der Waals surface area contributed by atoms with Crippen molar-refractivity contribution in [3.63, 3.8) is 0 Å². The molecule has 2 N–H and O–H groups in total. The Labute approximate surface area is 171 Å². The van der Waals surface area contributed by atoms with Crippen LogP contribution in [0.15, 0.2) is 48.2 Å². The molecule has 2 heterocycles. The number of methoxy groups -OCH3 is 1. The van der Waals surface area contributed by atoms with Crippen molar-refractivity contribution in [3.8, 4) is 11.5 Å². The average Bonchev–Trinajstić information content (AvgIpc) is 3.19. The van der Waals surface area contributed by atoms with Gasteiger partial charge in [0.1, 0.15) is 11.5 Å². The molecule has 2 aliphatic rings. The van der Waals surface area contributed by atoms with Crippen LogP contribution in [0.1, 0.15) is 28.3 Å². The smallest absolute Gasteiger partial charge is 0.231 e. The van der Waals surface area contributed by atoms with Crippen molar-refractivity contribution in [3.05, 3.63) is 59.4 Å². The Morgan fingerprint density at radius 2 is 2.10 bits per heavy atom. The van der Waals surface area contributed by atoms with Crippen molar-refractivity contribution in [1.29, 1.82) is 0 Å². The number of nitrogens with two attached hydrogens (primary N) is 1. The van der Waals surface area contributed by atoms with Gasteiger partial charge < -0.3 is 25.0 Å². The SMILES string of the molecule is COc1ccc2c(c1)C(/C=C1\Oc3cc(N)ccc3C1=O)CN2CCCN(C)C. The first-order valence-electron chi connectivity index (χ1n) is 9.88. The molecule has 0 bridgehead atoms. The second-order valence-electron chi connectivity index (χ2n) is 7.85. The third-order valence-electron chi connectivity index (χ3n) is 5.47. The van der Waals surface area contributed by atoms with Crippen molar-refractivity contribution in [2.24, 2.45) is 0 Å². The van der Waals surface area contributed by atoms with Gasteiger partial charge in [-0.15, -0.1) is 0 Å². The van der Waals surface area contributed by atoms with Crippen LogP contribution in [0.5, 0.6) is 11.5 Å². The number of nitrogen functional groups attached to an aromatic ring is 1. The molecular formula is C23H27N3O3. The second kappa shape index (κ2) is 7.79. The van der Waals surface area contributed by atoms with Gasteiger partial charge in [0.15, 0.2) is 5.76 Å². The zero-order chi connectivity index (χ0) is 20.5. The predicted octanol–water partition coefficient (Wildman–Crippen LogP) is 3.29. The molecule has 0 radical (unpaired) electrons. The summed E-state index contributed by atoms with van der Waals surface area (Å²) in [5.74, 6) is 1.70. The van der Waals surface area contributed by atoms with Crippen LogP contribution in [0, 0.1) is 0 Å². The molecule has 0 saturated carbocycles. The highest BCUT2D eigenvalue weighted by atomic mass is 16.5. The fraction of sp³-hybridized carbons (Fsp3) is 0.348. The number of benzene rings is 2. The molecule has 2 aromatic rings. The molecule has 0 aliphatic carbocycles. The summed E-state index contributed by atoms with van der Waals surface area (Å²) in [7, 11) is 5.84. The molecule has 4 rings (SSSR count). The normalized spacial score (nSPS) is 18.9. The van der Waals surface area contributed by atoms with Gasteiger partial charge in [-0.3, -0.25) is 4.79 Å². The van der Waals surface area contributed by atoms with Gasteiger partial charge >= 0.3 is 0 Å². The van der Waals surface area contributed by atoms with Gasteiger partial charge in [-0.05, 0) is 69.0 Å². The lowest BCUT2D eigenvalue weighted by Crippen LogP contribution is -2.26. The minimum absolute atomic E-state index is 0.0602. The third-order valence-corrected chi connectivity index (χ3v) is 5.47. The predicted molar refractivity (Wildman–Crippen MR) is 115 cm³/mol. The van der Waals surface area contributed by atoms with Gasteiger partial charge in [0.05, 0.1) is 12.7 Å². The van der Waals surface area contributed by atoms with Crippen LogP contribution in [0.25, 0.3) is 0 Å². The molecule has 0 spiro atoms. The van der Waals surface area contributed by atoms with Gasteiger partial charge in [0.2, 0.25) is 5.78 Å². The molecule has 152 valence electrons. The molecule has 1 atom stereocenters. The zero-order valence-corrected chi connectivity index (χ0v) is 17.1. The number of allylic oxidation sites excluding steroid dienone is 1. The van der Waals surface area contributed by atoms with E-state index in [4.69, 9.17) is 15.2 Å². The lowest BCUT2D eigenvalue weighted by atomic mass is 9.99. The van der Waals surface area contributed by atoms with E-state index in [0.29, 0.717) is 22.8 Å². The van der Waals surface area contributed by atoms with E-state index in [1.54, 1.807) is 25.3 Å². The first-order valence-corrected chi connectivity index (χ1v) is 9.88. The molecule has 0 saturated heterocycles. The van der Waals surface area contributed by atoms with Crippen LogP contribution in [-0.4, -0.2) is 51.5 Å². The molecule has 6 heteroatoms. The topological polar surface area (TPSA) is 68.0 Å². The first kappa shape index (κ1) is 19.3. The number of carbonyl (C=O) groups excluding carboxylic acids is 1. The highest BCUT2D eigenvalue weighted by molar-refractivity contribution is 6.12. The monoisotopic (exact) mass is 393 g/mol. The van der Waals surface area contributed by atoms with Crippen molar-refractivity contribution in [2.45, 2.75) is 12.3 Å².